The van der Waals surface area contributed by atoms with Gasteiger partial charge in [-0.15, -0.1) is 0 Å². The van der Waals surface area contributed by atoms with Gasteiger partial charge in [0, 0.05) is 6.42 Å². The van der Waals surface area contributed by atoms with Crippen LogP contribution in [0.15, 0.2) is 182 Å². The zero-order valence-corrected chi connectivity index (χ0v) is 33.9. The van der Waals surface area contributed by atoms with Crippen molar-refractivity contribution in [3.8, 4) is 0 Å². The van der Waals surface area contributed by atoms with Gasteiger partial charge in [0.1, 0.15) is 46.4 Å². The number of hydrogen-bond donors (Lipinski definition) is 2. The Morgan fingerprint density at radius 1 is 0.346 bits per heavy atom. The Bertz CT molecular complexity index is 1710. The van der Waals surface area contributed by atoms with Gasteiger partial charge < -0.3 is 44.2 Å². The van der Waals surface area contributed by atoms with E-state index in [9.17, 15) is 14.7 Å². The van der Waals surface area contributed by atoms with E-state index in [4.69, 9.17) is 5.11 Å². The molecule has 0 radical (unpaired) electrons. The Hall–Kier alpha value is -3.92. The van der Waals surface area contributed by atoms with Gasteiger partial charge in [-0.3, -0.25) is 9.59 Å². The maximum absolute atomic E-state index is 11.4. The maximum atomic E-state index is 11.4. The van der Waals surface area contributed by atoms with E-state index in [0.717, 1.165) is 12.6 Å². The summed E-state index contributed by atoms with van der Waals surface area (Å²) in [5, 5.41) is 26.1. The molecule has 0 aliphatic heterocycles. The van der Waals surface area contributed by atoms with Crippen LogP contribution < -0.4 is 65.8 Å². The molecule has 0 spiro atoms. The van der Waals surface area contributed by atoms with Crippen LogP contribution in [0, 0.1) is 0 Å². The maximum Gasteiger partial charge on any atom is 0.307 e. The summed E-state index contributed by atoms with van der Waals surface area (Å²) in [6, 6.07) is 63.2. The molecule has 0 aliphatic rings. The van der Waals surface area contributed by atoms with Crippen molar-refractivity contribution in [2.75, 3.05) is 12.3 Å². The van der Waals surface area contributed by atoms with E-state index in [-0.39, 0.29) is 46.8 Å². The van der Waals surface area contributed by atoms with E-state index in [1.54, 1.807) is 0 Å². The topological polar surface area (TPSA) is 74.6 Å². The standard InChI is InChI=1S/C23H23O2P.C21H19O2P.2BrH/c24-23(25)18-10-11-19-26(20-12-4-1-5-13-20,21-14-6-2-7-15-21)22-16-8-3-9-17-22;22-21(23)16-17-24(18-10-4-1-5-11-18,19-12-6-2-7-13-19)20-14-8-3-9-15-20;;/h1-9,12-17H,10-11,18-19H2;1-15H,16-17H2;2*1H. The van der Waals surface area contributed by atoms with E-state index in [1.807, 2.05) is 54.6 Å². The molecule has 6 aromatic rings. The van der Waals surface area contributed by atoms with Gasteiger partial charge in [0.15, 0.2) is 0 Å². The molecule has 0 saturated heterocycles. The number of aliphatic carboxylic acids is 2. The lowest BCUT2D eigenvalue weighted by Gasteiger charge is -2.27. The molecule has 0 amide bonds. The van der Waals surface area contributed by atoms with Gasteiger partial charge in [0.25, 0.3) is 0 Å². The SMILES string of the molecule is O=C(O)CCCC[P+](c1ccccc1)(c1ccccc1)c1ccccc1.O=C(O)CC[P+](c1ccccc1)(c1ccccc1)c1ccccc1.[Br-].[Br-]. The van der Waals surface area contributed by atoms with E-state index in [2.05, 4.69) is 127 Å². The van der Waals surface area contributed by atoms with E-state index in [0.29, 0.717) is 12.6 Å². The molecule has 268 valence electrons. The Morgan fingerprint density at radius 3 is 0.808 bits per heavy atom. The zero-order valence-electron chi connectivity index (χ0n) is 28.9. The van der Waals surface area contributed by atoms with Crippen molar-refractivity contribution in [1.29, 1.82) is 0 Å². The van der Waals surface area contributed by atoms with Crippen LogP contribution in [0.5, 0.6) is 0 Å². The molecule has 0 saturated carbocycles. The van der Waals surface area contributed by atoms with Crippen LogP contribution in [0.25, 0.3) is 0 Å². The van der Waals surface area contributed by atoms with Gasteiger partial charge in [-0.05, 0) is 85.6 Å². The predicted octanol–water partition coefficient (Wildman–Crippen LogP) is 1.70. The van der Waals surface area contributed by atoms with E-state index < -0.39 is 26.5 Å². The molecule has 0 aliphatic carbocycles. The number of carbonyl (C=O) groups is 2. The minimum absolute atomic E-state index is 0. The molecule has 52 heavy (non-hydrogen) atoms. The third-order valence-electron chi connectivity index (χ3n) is 8.98. The van der Waals surface area contributed by atoms with Crippen molar-refractivity contribution in [3.63, 3.8) is 0 Å². The molecule has 2 N–H and O–H groups in total. The molecule has 0 atom stereocenters. The quantitative estimate of drug-likeness (QED) is 0.129. The van der Waals surface area contributed by atoms with Crippen molar-refractivity contribution < 1.29 is 53.8 Å². The summed E-state index contributed by atoms with van der Waals surface area (Å²) in [6.07, 6.45) is 3.62. The molecule has 0 heterocycles. The van der Waals surface area contributed by atoms with Crippen molar-refractivity contribution in [2.24, 2.45) is 0 Å². The number of benzene rings is 6. The molecule has 0 bridgehead atoms. The highest BCUT2D eigenvalue weighted by Crippen LogP contribution is 2.56. The summed E-state index contributed by atoms with van der Waals surface area (Å²) in [5.74, 6) is -1.46. The fourth-order valence-corrected chi connectivity index (χ4v) is 15.3. The largest absolute Gasteiger partial charge is 1.00 e. The van der Waals surface area contributed by atoms with Gasteiger partial charge in [-0.2, -0.15) is 0 Å². The Kier molecular flexibility index (Phi) is 17.6. The lowest BCUT2D eigenvalue weighted by atomic mass is 10.2. The molecule has 4 nitrogen and oxygen atoms in total. The predicted molar refractivity (Wildman–Crippen MR) is 214 cm³/mol. The fourth-order valence-electron chi connectivity index (χ4n) is 6.65. The number of carboxylic acids is 2. The van der Waals surface area contributed by atoms with E-state index in [1.165, 1.54) is 31.8 Å². The summed E-state index contributed by atoms with van der Waals surface area (Å²) in [4.78, 5) is 22.3. The number of unbranched alkanes of at least 4 members (excludes halogenated alkanes) is 1. The summed E-state index contributed by atoms with van der Waals surface area (Å²) < 4.78 is 0. The summed E-state index contributed by atoms with van der Waals surface area (Å²) >= 11 is 0. The monoisotopic (exact) mass is 856 g/mol. The number of carboxylic acid groups (broad SMARTS) is 2. The lowest BCUT2D eigenvalue weighted by molar-refractivity contribution is -0.137. The van der Waals surface area contributed by atoms with Crippen LogP contribution in [0.4, 0.5) is 0 Å². The Morgan fingerprint density at radius 2 is 0.577 bits per heavy atom. The highest BCUT2D eigenvalue weighted by molar-refractivity contribution is 7.96. The first-order valence-corrected chi connectivity index (χ1v) is 20.9. The van der Waals surface area contributed by atoms with Gasteiger partial charge in [-0.1, -0.05) is 109 Å². The first-order chi connectivity index (χ1) is 24.5. The molecule has 0 unspecified atom stereocenters. The van der Waals surface area contributed by atoms with Crippen molar-refractivity contribution >= 4 is 58.3 Å². The van der Waals surface area contributed by atoms with Crippen molar-refractivity contribution in [1.82, 2.24) is 0 Å². The van der Waals surface area contributed by atoms with Crippen LogP contribution in [-0.4, -0.2) is 34.5 Å². The Labute approximate surface area is 330 Å². The van der Waals surface area contributed by atoms with Crippen LogP contribution in [0.3, 0.4) is 0 Å². The highest BCUT2D eigenvalue weighted by atomic mass is 79.9. The molecule has 0 fully saturated rings. The van der Waals surface area contributed by atoms with Crippen LogP contribution in [0.1, 0.15) is 25.7 Å². The molecular formula is C44H44Br2O4P2. The first kappa shape index (κ1) is 42.5. The van der Waals surface area contributed by atoms with Crippen molar-refractivity contribution in [2.45, 2.75) is 25.7 Å². The van der Waals surface area contributed by atoms with Gasteiger partial charge in [0.2, 0.25) is 0 Å². The minimum atomic E-state index is -1.99. The highest BCUT2D eigenvalue weighted by Gasteiger charge is 2.46. The van der Waals surface area contributed by atoms with Crippen LogP contribution in [0.2, 0.25) is 0 Å². The second-order valence-corrected chi connectivity index (χ2v) is 19.3. The normalized spacial score (nSPS) is 10.8. The molecule has 8 heteroatoms. The average molecular weight is 859 g/mol. The summed E-state index contributed by atoms with van der Waals surface area (Å²) in [5.41, 5.74) is 0. The second kappa shape index (κ2) is 21.6. The van der Waals surface area contributed by atoms with Crippen LogP contribution in [-0.2, 0) is 9.59 Å². The number of rotatable bonds is 14. The van der Waals surface area contributed by atoms with E-state index >= 15 is 0 Å². The smallest absolute Gasteiger partial charge is 0.307 e. The third-order valence-corrected chi connectivity index (χ3v) is 17.9. The average Bonchev–Trinajstić information content (AvgIpc) is 3.18. The second-order valence-electron chi connectivity index (χ2n) is 12.1. The third kappa shape index (κ3) is 10.6. The number of hydrogen-bond acceptors (Lipinski definition) is 2. The molecule has 0 aromatic heterocycles. The Balaban J connectivity index is 0.000000271. The lowest BCUT2D eigenvalue weighted by Crippen LogP contribution is -3.00. The van der Waals surface area contributed by atoms with Gasteiger partial charge >= 0.3 is 11.9 Å². The minimum Gasteiger partial charge on any atom is -1.00 e. The molecule has 6 aromatic carbocycles. The van der Waals surface area contributed by atoms with Crippen LogP contribution >= 0.6 is 14.5 Å². The summed E-state index contributed by atoms with van der Waals surface area (Å²) in [7, 11) is -3.79. The molecular weight excluding hydrogens is 814 g/mol. The first-order valence-electron chi connectivity index (χ1n) is 17.0. The van der Waals surface area contributed by atoms with Gasteiger partial charge in [0.05, 0.1) is 18.7 Å². The van der Waals surface area contributed by atoms with Crippen molar-refractivity contribution in [3.05, 3.63) is 182 Å². The zero-order chi connectivity index (χ0) is 35.1. The van der Waals surface area contributed by atoms with Gasteiger partial charge in [-0.25, -0.2) is 0 Å². The number of halogens is 2. The summed E-state index contributed by atoms with van der Waals surface area (Å²) in [6.45, 7) is 0. The molecule has 6 rings (SSSR count). The fraction of sp³-hybridized carbons (Fsp3) is 0.136.